The second kappa shape index (κ2) is 12.6. The summed E-state index contributed by atoms with van der Waals surface area (Å²) in [4.78, 5) is 17.2. The first-order chi connectivity index (χ1) is 15.6. The van der Waals surface area contributed by atoms with Crippen LogP contribution in [0.3, 0.4) is 0 Å². The Balaban J connectivity index is 1.90. The number of carbonyl (C=O) groups is 1. The molecule has 0 aromatic heterocycles. The molecular formula is C27H38N2O3. The molecule has 1 aliphatic rings. The topological polar surface area (TPSA) is 53.0 Å². The number of fused-ring (bicyclic) bond motifs is 3. The summed E-state index contributed by atoms with van der Waals surface area (Å²) in [6.07, 6.45) is 5.26. The maximum atomic E-state index is 13.0. The van der Waals surface area contributed by atoms with Crippen molar-refractivity contribution in [3.8, 4) is 5.75 Å². The zero-order chi connectivity index (χ0) is 22.8. The fourth-order valence-electron chi connectivity index (χ4n) is 4.40. The van der Waals surface area contributed by atoms with Gasteiger partial charge in [-0.25, -0.2) is 0 Å². The maximum Gasteiger partial charge on any atom is 0.253 e. The molecule has 174 valence electrons. The summed E-state index contributed by atoms with van der Waals surface area (Å²) >= 11 is 0. The number of likely N-dealkylation sites (N-methyl/N-ethyl adjacent to an activating group) is 1. The summed E-state index contributed by atoms with van der Waals surface area (Å²) in [5.41, 5.74) is 4.25. The predicted molar refractivity (Wildman–Crippen MR) is 129 cm³/mol. The molecule has 2 aromatic carbocycles. The number of hydrogen-bond acceptors (Lipinski definition) is 4. The van der Waals surface area contributed by atoms with Gasteiger partial charge >= 0.3 is 0 Å². The van der Waals surface area contributed by atoms with Crippen LogP contribution in [0.2, 0.25) is 0 Å². The lowest BCUT2D eigenvalue weighted by atomic mass is 9.99. The summed E-state index contributed by atoms with van der Waals surface area (Å²) in [5, 5.41) is 9.29. The van der Waals surface area contributed by atoms with Crippen LogP contribution < -0.4 is 4.74 Å². The zero-order valence-corrected chi connectivity index (χ0v) is 19.7. The van der Waals surface area contributed by atoms with Crippen LogP contribution >= 0.6 is 0 Å². The summed E-state index contributed by atoms with van der Waals surface area (Å²) in [6.45, 7) is 8.99. The summed E-state index contributed by atoms with van der Waals surface area (Å²) in [6, 6.07) is 14.6. The van der Waals surface area contributed by atoms with Gasteiger partial charge in [-0.1, -0.05) is 31.2 Å². The molecule has 1 amide bonds. The van der Waals surface area contributed by atoms with Crippen LogP contribution in [0.1, 0.15) is 66.6 Å². The molecular weight excluding hydrogens is 400 g/mol. The Bertz CT molecular complexity index is 868. The molecule has 0 aliphatic carbocycles. The molecule has 0 saturated carbocycles. The van der Waals surface area contributed by atoms with Gasteiger partial charge in [-0.2, -0.15) is 0 Å². The molecule has 0 fully saturated rings. The van der Waals surface area contributed by atoms with Crippen LogP contribution in [0, 0.1) is 0 Å². The van der Waals surface area contributed by atoms with Gasteiger partial charge in [-0.05, 0) is 80.6 Å². The van der Waals surface area contributed by atoms with E-state index >= 15 is 0 Å². The Labute approximate surface area is 193 Å². The number of benzene rings is 2. The highest BCUT2D eigenvalue weighted by Crippen LogP contribution is 2.25. The van der Waals surface area contributed by atoms with Gasteiger partial charge in [0.25, 0.3) is 5.91 Å². The van der Waals surface area contributed by atoms with Gasteiger partial charge in [-0.15, -0.1) is 0 Å². The van der Waals surface area contributed by atoms with Crippen molar-refractivity contribution < 1.29 is 14.6 Å². The van der Waals surface area contributed by atoms with E-state index in [0.29, 0.717) is 25.3 Å². The lowest BCUT2D eigenvalue weighted by Gasteiger charge is -2.23. The molecule has 1 heterocycles. The van der Waals surface area contributed by atoms with E-state index in [2.05, 4.69) is 36.1 Å². The van der Waals surface area contributed by atoms with Crippen LogP contribution in [0.5, 0.6) is 5.75 Å². The molecule has 5 nitrogen and oxygen atoms in total. The van der Waals surface area contributed by atoms with Crippen molar-refractivity contribution >= 4 is 5.91 Å². The van der Waals surface area contributed by atoms with Crippen LogP contribution in [0.4, 0.5) is 0 Å². The van der Waals surface area contributed by atoms with Gasteiger partial charge in [0.1, 0.15) is 5.75 Å². The fourth-order valence-corrected chi connectivity index (χ4v) is 4.40. The highest BCUT2D eigenvalue weighted by molar-refractivity contribution is 5.94. The Hall–Kier alpha value is -2.37. The van der Waals surface area contributed by atoms with Crippen molar-refractivity contribution in [1.29, 1.82) is 0 Å². The maximum absolute atomic E-state index is 13.0. The molecule has 0 saturated heterocycles. The van der Waals surface area contributed by atoms with Crippen molar-refractivity contribution in [1.82, 2.24) is 9.80 Å². The van der Waals surface area contributed by atoms with E-state index in [4.69, 9.17) is 4.74 Å². The lowest BCUT2D eigenvalue weighted by molar-refractivity contribution is 0.0732. The van der Waals surface area contributed by atoms with Crippen LogP contribution in [0.15, 0.2) is 42.5 Å². The second-order valence-electron chi connectivity index (χ2n) is 8.61. The minimum atomic E-state index is -0.0484. The van der Waals surface area contributed by atoms with Gasteiger partial charge < -0.3 is 14.7 Å². The molecule has 1 N–H and O–H groups in total. The zero-order valence-electron chi connectivity index (χ0n) is 19.7. The van der Waals surface area contributed by atoms with E-state index in [1.807, 2.05) is 25.1 Å². The van der Waals surface area contributed by atoms with Crippen LogP contribution in [0.25, 0.3) is 0 Å². The second-order valence-corrected chi connectivity index (χ2v) is 8.61. The first kappa shape index (κ1) is 24.3. The van der Waals surface area contributed by atoms with Crippen LogP contribution in [-0.4, -0.2) is 60.2 Å². The molecule has 1 aliphatic heterocycles. The van der Waals surface area contributed by atoms with Gasteiger partial charge in [-0.3, -0.25) is 9.69 Å². The third kappa shape index (κ3) is 6.81. The van der Waals surface area contributed by atoms with E-state index in [1.54, 1.807) is 4.90 Å². The molecule has 32 heavy (non-hydrogen) atoms. The van der Waals surface area contributed by atoms with Crippen molar-refractivity contribution in [3.63, 3.8) is 0 Å². The monoisotopic (exact) mass is 438 g/mol. The number of ether oxygens (including phenoxy) is 1. The standard InChI is InChI=1S/C27H38N2O3/c1-3-13-28-14-6-5-7-17-32-26-12-11-24(27(31)29(4-2)15-16-30)20-25(26)19-22-9-8-10-23(18-22)21-28/h8-12,18,20,30H,3-7,13-17,19,21H2,1-2H3. The first-order valence-corrected chi connectivity index (χ1v) is 12.1. The number of hydrogen-bond donors (Lipinski definition) is 1. The molecule has 2 aromatic rings. The molecule has 0 unspecified atom stereocenters. The van der Waals surface area contributed by atoms with Crippen molar-refractivity contribution in [2.24, 2.45) is 0 Å². The van der Waals surface area contributed by atoms with E-state index in [-0.39, 0.29) is 12.5 Å². The first-order valence-electron chi connectivity index (χ1n) is 12.1. The molecule has 2 bridgehead atoms. The molecule has 0 radical (unpaired) electrons. The molecule has 3 rings (SSSR count). The Morgan fingerprint density at radius 2 is 1.94 bits per heavy atom. The summed E-state index contributed by atoms with van der Waals surface area (Å²) in [7, 11) is 0. The summed E-state index contributed by atoms with van der Waals surface area (Å²) in [5.74, 6) is 0.814. The minimum Gasteiger partial charge on any atom is -0.493 e. The smallest absolute Gasteiger partial charge is 0.253 e. The minimum absolute atomic E-state index is 0.0323. The Morgan fingerprint density at radius 3 is 2.72 bits per heavy atom. The van der Waals surface area contributed by atoms with Gasteiger partial charge in [0.2, 0.25) is 0 Å². The van der Waals surface area contributed by atoms with E-state index in [0.717, 1.165) is 56.6 Å². The number of aliphatic hydroxyl groups excluding tert-OH is 1. The molecule has 5 heteroatoms. The normalized spacial score (nSPS) is 15.3. The number of aliphatic hydroxyl groups is 1. The van der Waals surface area contributed by atoms with Gasteiger partial charge in [0.05, 0.1) is 13.2 Å². The lowest BCUT2D eigenvalue weighted by Crippen LogP contribution is -2.33. The average Bonchev–Trinajstić information content (AvgIpc) is 2.80. The largest absolute Gasteiger partial charge is 0.493 e. The quantitative estimate of drug-likeness (QED) is 0.721. The third-order valence-electron chi connectivity index (χ3n) is 6.05. The molecule has 0 spiro atoms. The number of nitrogens with zero attached hydrogens (tertiary/aromatic N) is 2. The van der Waals surface area contributed by atoms with Crippen LogP contribution in [-0.2, 0) is 13.0 Å². The van der Waals surface area contributed by atoms with Gasteiger partial charge in [0, 0.05) is 31.6 Å². The van der Waals surface area contributed by atoms with Crippen molar-refractivity contribution in [2.75, 3.05) is 39.4 Å². The SMILES string of the molecule is CCCN1CCCCCOc2ccc(C(=O)N(CC)CCO)cc2Cc2cccc(c2)C1. The highest BCUT2D eigenvalue weighted by atomic mass is 16.5. The van der Waals surface area contributed by atoms with E-state index in [1.165, 1.54) is 17.5 Å². The Kier molecular flexibility index (Phi) is 9.57. The third-order valence-corrected chi connectivity index (χ3v) is 6.05. The molecule has 0 atom stereocenters. The highest BCUT2D eigenvalue weighted by Gasteiger charge is 2.17. The average molecular weight is 439 g/mol. The van der Waals surface area contributed by atoms with Crippen molar-refractivity contribution in [3.05, 3.63) is 64.7 Å². The number of rotatable bonds is 6. The number of amides is 1. The fraction of sp³-hybridized carbons (Fsp3) is 0.519. The summed E-state index contributed by atoms with van der Waals surface area (Å²) < 4.78 is 6.17. The Morgan fingerprint density at radius 1 is 1.09 bits per heavy atom. The predicted octanol–water partition coefficient (Wildman–Crippen LogP) is 4.51. The van der Waals surface area contributed by atoms with E-state index < -0.39 is 0 Å². The van der Waals surface area contributed by atoms with Crippen molar-refractivity contribution in [2.45, 2.75) is 52.5 Å². The van der Waals surface area contributed by atoms with Gasteiger partial charge in [0.15, 0.2) is 0 Å². The number of carbonyl (C=O) groups excluding carboxylic acids is 1. The van der Waals surface area contributed by atoms with E-state index in [9.17, 15) is 9.90 Å².